The number of ketones is 1. The average molecular weight is 324 g/mol. The maximum atomic E-state index is 12.1. The fourth-order valence-electron chi connectivity index (χ4n) is 2.30. The van der Waals surface area contributed by atoms with Crippen LogP contribution < -0.4 is 4.74 Å². The van der Waals surface area contributed by atoms with Gasteiger partial charge in [-0.25, -0.2) is 4.98 Å². The number of carbonyl (C=O) groups excluding carboxylic acids is 1. The van der Waals surface area contributed by atoms with Gasteiger partial charge in [0.25, 0.3) is 0 Å². The summed E-state index contributed by atoms with van der Waals surface area (Å²) in [5.41, 5.74) is 1.47. The van der Waals surface area contributed by atoms with Crippen LogP contribution in [-0.4, -0.2) is 17.9 Å². The van der Waals surface area contributed by atoms with Gasteiger partial charge in [0.15, 0.2) is 5.78 Å². The van der Waals surface area contributed by atoms with Gasteiger partial charge in [-0.05, 0) is 52.7 Å². The van der Waals surface area contributed by atoms with Gasteiger partial charge in [-0.1, -0.05) is 35.9 Å². The van der Waals surface area contributed by atoms with E-state index in [1.807, 2.05) is 36.4 Å². The fraction of sp³-hybridized carbons (Fsp3) is 0.0526. The molecule has 0 aliphatic rings. The first-order chi connectivity index (χ1) is 11.2. The number of ether oxygens (including phenoxy) is 1. The second-order valence-corrected chi connectivity index (χ2v) is 5.42. The molecule has 0 fully saturated rings. The summed E-state index contributed by atoms with van der Waals surface area (Å²) in [4.78, 5) is 16.0. The van der Waals surface area contributed by atoms with Gasteiger partial charge < -0.3 is 4.74 Å². The molecular weight excluding hydrogens is 310 g/mol. The maximum Gasteiger partial charge on any atom is 0.186 e. The van der Waals surface area contributed by atoms with E-state index in [4.69, 9.17) is 16.3 Å². The number of nitrogens with zero attached hydrogens (tertiary/aromatic N) is 1. The molecular formula is C19H14ClNO2. The first kappa shape index (κ1) is 15.3. The van der Waals surface area contributed by atoms with Crippen LogP contribution in [0.3, 0.4) is 0 Å². The van der Waals surface area contributed by atoms with E-state index in [1.165, 1.54) is 12.3 Å². The monoisotopic (exact) mass is 323 g/mol. The molecule has 3 aromatic rings. The lowest BCUT2D eigenvalue weighted by molar-refractivity contribution is 0.104. The van der Waals surface area contributed by atoms with Gasteiger partial charge in [0, 0.05) is 11.8 Å². The summed E-state index contributed by atoms with van der Waals surface area (Å²) in [5.74, 6) is 0.717. The highest BCUT2D eigenvalue weighted by molar-refractivity contribution is 6.29. The Balaban J connectivity index is 1.84. The Morgan fingerprint density at radius 3 is 2.65 bits per heavy atom. The molecule has 1 heterocycles. The second-order valence-electron chi connectivity index (χ2n) is 5.04. The van der Waals surface area contributed by atoms with Crippen LogP contribution in [0.5, 0.6) is 5.75 Å². The lowest BCUT2D eigenvalue weighted by Gasteiger charge is -2.03. The Bertz CT molecular complexity index is 903. The molecule has 2 aromatic carbocycles. The molecule has 0 atom stereocenters. The predicted molar refractivity (Wildman–Crippen MR) is 93.1 cm³/mol. The summed E-state index contributed by atoms with van der Waals surface area (Å²) >= 11 is 5.80. The molecule has 23 heavy (non-hydrogen) atoms. The Morgan fingerprint density at radius 1 is 1.09 bits per heavy atom. The summed E-state index contributed by atoms with van der Waals surface area (Å²) in [6, 6.07) is 15.1. The molecule has 4 heteroatoms. The van der Waals surface area contributed by atoms with E-state index in [1.54, 1.807) is 25.3 Å². The van der Waals surface area contributed by atoms with Crippen LogP contribution in [0.1, 0.15) is 15.9 Å². The quantitative estimate of drug-likeness (QED) is 0.393. The highest BCUT2D eigenvalue weighted by Crippen LogP contribution is 2.22. The SMILES string of the molecule is COc1ccc2cc(/C=C/C(=O)c3ccnc(Cl)c3)ccc2c1. The Kier molecular flexibility index (Phi) is 4.40. The second kappa shape index (κ2) is 6.63. The van der Waals surface area contributed by atoms with Crippen molar-refractivity contribution in [3.63, 3.8) is 0 Å². The van der Waals surface area contributed by atoms with Crippen molar-refractivity contribution in [2.45, 2.75) is 0 Å². The average Bonchev–Trinajstić information content (AvgIpc) is 2.59. The van der Waals surface area contributed by atoms with Gasteiger partial charge in [-0.3, -0.25) is 4.79 Å². The van der Waals surface area contributed by atoms with E-state index in [-0.39, 0.29) is 5.78 Å². The van der Waals surface area contributed by atoms with Gasteiger partial charge >= 0.3 is 0 Å². The van der Waals surface area contributed by atoms with Crippen molar-refractivity contribution in [3.05, 3.63) is 77.1 Å². The van der Waals surface area contributed by atoms with Crippen LogP contribution in [0.4, 0.5) is 0 Å². The number of aromatic nitrogens is 1. The molecule has 0 bridgehead atoms. The van der Waals surface area contributed by atoms with E-state index >= 15 is 0 Å². The van der Waals surface area contributed by atoms with Crippen LogP contribution >= 0.6 is 11.6 Å². The molecule has 1 aromatic heterocycles. The first-order valence-corrected chi connectivity index (χ1v) is 7.45. The van der Waals surface area contributed by atoms with Crippen molar-refractivity contribution < 1.29 is 9.53 Å². The van der Waals surface area contributed by atoms with Crippen LogP contribution in [0, 0.1) is 0 Å². The highest BCUT2D eigenvalue weighted by atomic mass is 35.5. The number of methoxy groups -OCH3 is 1. The number of fused-ring (bicyclic) bond motifs is 1. The van der Waals surface area contributed by atoms with Crippen LogP contribution in [0.15, 0.2) is 60.8 Å². The Hall–Kier alpha value is -2.65. The summed E-state index contributed by atoms with van der Waals surface area (Å²) < 4.78 is 5.22. The molecule has 0 unspecified atom stereocenters. The van der Waals surface area contributed by atoms with Crippen molar-refractivity contribution in [1.29, 1.82) is 0 Å². The lowest BCUT2D eigenvalue weighted by Crippen LogP contribution is -1.94. The third-order valence-electron chi connectivity index (χ3n) is 3.51. The molecule has 0 saturated carbocycles. The van der Waals surface area contributed by atoms with E-state index < -0.39 is 0 Å². The van der Waals surface area contributed by atoms with Crippen LogP contribution in [0.2, 0.25) is 5.15 Å². The van der Waals surface area contributed by atoms with Gasteiger partial charge in [0.1, 0.15) is 10.9 Å². The number of benzene rings is 2. The summed E-state index contributed by atoms with van der Waals surface area (Å²) in [6.07, 6.45) is 4.85. The van der Waals surface area contributed by atoms with Gasteiger partial charge in [0.2, 0.25) is 0 Å². The Morgan fingerprint density at radius 2 is 1.87 bits per heavy atom. The zero-order chi connectivity index (χ0) is 16.2. The number of hydrogen-bond donors (Lipinski definition) is 0. The minimum absolute atomic E-state index is 0.107. The third-order valence-corrected chi connectivity index (χ3v) is 3.72. The number of pyridine rings is 1. The minimum Gasteiger partial charge on any atom is -0.497 e. The van der Waals surface area contributed by atoms with Gasteiger partial charge in [-0.15, -0.1) is 0 Å². The van der Waals surface area contributed by atoms with Crippen molar-refractivity contribution >= 4 is 34.2 Å². The third kappa shape index (κ3) is 3.58. The smallest absolute Gasteiger partial charge is 0.186 e. The number of allylic oxidation sites excluding steroid dienone is 1. The van der Waals surface area contributed by atoms with E-state index in [9.17, 15) is 4.79 Å². The predicted octanol–water partition coefficient (Wildman–Crippen LogP) is 4.79. The standard InChI is InChI=1S/C19H14ClNO2/c1-23-17-6-5-14-10-13(2-4-15(14)11-17)3-7-18(22)16-8-9-21-19(20)12-16/h2-12H,1H3/b7-3+. The summed E-state index contributed by atoms with van der Waals surface area (Å²) in [6.45, 7) is 0. The fourth-order valence-corrected chi connectivity index (χ4v) is 2.47. The molecule has 114 valence electrons. The zero-order valence-corrected chi connectivity index (χ0v) is 13.2. The van der Waals surface area contributed by atoms with Crippen molar-refractivity contribution in [2.75, 3.05) is 7.11 Å². The number of hydrogen-bond acceptors (Lipinski definition) is 3. The Labute approximate surface area is 139 Å². The van der Waals surface area contributed by atoms with Gasteiger partial charge in [-0.2, -0.15) is 0 Å². The lowest BCUT2D eigenvalue weighted by atomic mass is 10.1. The number of carbonyl (C=O) groups is 1. The number of rotatable bonds is 4. The normalized spacial score (nSPS) is 11.0. The first-order valence-electron chi connectivity index (χ1n) is 7.07. The van der Waals surface area contributed by atoms with Crippen molar-refractivity contribution in [3.8, 4) is 5.75 Å². The molecule has 0 aliphatic carbocycles. The molecule has 0 amide bonds. The molecule has 3 rings (SSSR count). The molecule has 3 nitrogen and oxygen atoms in total. The van der Waals surface area contributed by atoms with Crippen molar-refractivity contribution in [1.82, 2.24) is 4.98 Å². The van der Waals surface area contributed by atoms with Gasteiger partial charge in [0.05, 0.1) is 7.11 Å². The minimum atomic E-state index is -0.107. The highest BCUT2D eigenvalue weighted by Gasteiger charge is 2.03. The molecule has 0 saturated heterocycles. The molecule has 0 spiro atoms. The molecule has 0 radical (unpaired) electrons. The van der Waals surface area contributed by atoms with E-state index in [0.29, 0.717) is 10.7 Å². The largest absolute Gasteiger partial charge is 0.497 e. The topological polar surface area (TPSA) is 39.2 Å². The molecule has 0 aliphatic heterocycles. The summed E-state index contributed by atoms with van der Waals surface area (Å²) in [5, 5.41) is 2.49. The molecule has 0 N–H and O–H groups in total. The van der Waals surface area contributed by atoms with Crippen LogP contribution in [0.25, 0.3) is 16.8 Å². The van der Waals surface area contributed by atoms with Crippen molar-refractivity contribution in [2.24, 2.45) is 0 Å². The van der Waals surface area contributed by atoms with Crippen LogP contribution in [-0.2, 0) is 0 Å². The van der Waals surface area contributed by atoms with E-state index in [0.717, 1.165) is 22.1 Å². The zero-order valence-electron chi connectivity index (χ0n) is 12.5. The summed E-state index contributed by atoms with van der Waals surface area (Å²) in [7, 11) is 1.65. The number of halogens is 1. The van der Waals surface area contributed by atoms with E-state index in [2.05, 4.69) is 4.98 Å². The maximum absolute atomic E-state index is 12.1.